The number of carbonyl (C=O) groups excluding carboxylic acids is 3. The molecule has 0 unspecified atom stereocenters. The molecule has 6 nitrogen and oxygen atoms in total. The van der Waals surface area contributed by atoms with Gasteiger partial charge in [-0.2, -0.15) is 0 Å². The molecule has 0 spiro atoms. The topological polar surface area (TPSA) is 78.9 Å². The number of unbranched alkanes of at least 4 members (excludes halogenated alkanes) is 39. The molecule has 0 saturated heterocycles. The standard InChI is InChI=1S/C63H116O6/c1-4-7-10-13-16-19-22-25-28-29-30-31-32-33-36-38-41-44-47-50-53-56-62(65)68-59-60(69-63(66)57-54-51-48-45-42-39-35-27-24-21-18-15-12-9-6-3)58-67-61(64)55-52-49-46-43-40-37-34-26-23-20-17-14-11-8-5-2/h18,21,26-27,34-35,60H,4-17,19-20,22-25,28-33,36-59H2,1-3H3/b21-18-,34-26-,35-27-/t60-/m1/s1. The zero-order chi connectivity index (χ0) is 50.0. The molecule has 0 N–H and O–H groups in total. The summed E-state index contributed by atoms with van der Waals surface area (Å²) in [5.74, 6) is -0.880. The maximum Gasteiger partial charge on any atom is 0.306 e. The van der Waals surface area contributed by atoms with E-state index in [0.29, 0.717) is 19.3 Å². The van der Waals surface area contributed by atoms with Crippen LogP contribution < -0.4 is 0 Å². The Morgan fingerprint density at radius 1 is 0.290 bits per heavy atom. The minimum atomic E-state index is -0.780. The Labute approximate surface area is 429 Å². The monoisotopic (exact) mass is 969 g/mol. The highest BCUT2D eigenvalue weighted by Crippen LogP contribution is 2.17. The predicted molar refractivity (Wildman–Crippen MR) is 298 cm³/mol. The van der Waals surface area contributed by atoms with Gasteiger partial charge in [0, 0.05) is 19.3 Å². The highest BCUT2D eigenvalue weighted by Gasteiger charge is 2.19. The number of hydrogen-bond acceptors (Lipinski definition) is 6. The zero-order valence-electron chi connectivity index (χ0n) is 46.3. The van der Waals surface area contributed by atoms with E-state index in [2.05, 4.69) is 57.2 Å². The summed E-state index contributed by atoms with van der Waals surface area (Å²) in [6.45, 7) is 6.64. The van der Waals surface area contributed by atoms with Gasteiger partial charge in [-0.25, -0.2) is 0 Å². The first-order valence-corrected chi connectivity index (χ1v) is 30.5. The van der Waals surface area contributed by atoms with Crippen LogP contribution in [0.5, 0.6) is 0 Å². The number of carbonyl (C=O) groups is 3. The van der Waals surface area contributed by atoms with Crippen molar-refractivity contribution >= 4 is 17.9 Å². The molecule has 6 heteroatoms. The molecule has 0 saturated carbocycles. The smallest absolute Gasteiger partial charge is 0.306 e. The average molecular weight is 970 g/mol. The second kappa shape index (κ2) is 58.2. The summed E-state index contributed by atoms with van der Waals surface area (Å²) in [6, 6.07) is 0. The first kappa shape index (κ1) is 66.6. The van der Waals surface area contributed by atoms with Crippen molar-refractivity contribution in [3.05, 3.63) is 36.5 Å². The molecule has 0 heterocycles. The van der Waals surface area contributed by atoms with E-state index < -0.39 is 6.10 Å². The van der Waals surface area contributed by atoms with Crippen molar-refractivity contribution in [3.63, 3.8) is 0 Å². The van der Waals surface area contributed by atoms with Gasteiger partial charge in [0.15, 0.2) is 6.10 Å². The van der Waals surface area contributed by atoms with Gasteiger partial charge in [0.2, 0.25) is 0 Å². The summed E-state index contributed by atoms with van der Waals surface area (Å²) in [4.78, 5) is 38.2. The summed E-state index contributed by atoms with van der Waals surface area (Å²) in [7, 11) is 0. The average Bonchev–Trinajstić information content (AvgIpc) is 3.35. The molecule has 0 rings (SSSR count). The fraction of sp³-hybridized carbons (Fsp3) is 0.857. The number of esters is 3. The summed E-state index contributed by atoms with van der Waals surface area (Å²) in [5, 5.41) is 0. The van der Waals surface area contributed by atoms with Gasteiger partial charge in [0.25, 0.3) is 0 Å². The van der Waals surface area contributed by atoms with Crippen LogP contribution in [0.1, 0.15) is 329 Å². The Balaban J connectivity index is 4.31. The Kier molecular flexibility index (Phi) is 56.2. The fourth-order valence-electron chi connectivity index (χ4n) is 9.00. The quantitative estimate of drug-likeness (QED) is 0.0261. The molecule has 0 aliphatic rings. The van der Waals surface area contributed by atoms with Crippen LogP contribution in [0, 0.1) is 0 Å². The molecule has 404 valence electrons. The highest BCUT2D eigenvalue weighted by atomic mass is 16.6. The Morgan fingerprint density at radius 2 is 0.522 bits per heavy atom. The Morgan fingerprint density at radius 3 is 0.841 bits per heavy atom. The van der Waals surface area contributed by atoms with Gasteiger partial charge in [-0.1, -0.05) is 269 Å². The van der Waals surface area contributed by atoms with Crippen LogP contribution in [0.15, 0.2) is 36.5 Å². The summed E-state index contributed by atoms with van der Waals surface area (Å²) < 4.78 is 16.9. The Bertz CT molecular complexity index is 1160. The Hall–Kier alpha value is -2.37. The van der Waals surface area contributed by atoms with E-state index in [1.807, 2.05) is 0 Å². The van der Waals surface area contributed by atoms with Crippen molar-refractivity contribution < 1.29 is 28.6 Å². The molecule has 0 aromatic rings. The number of rotatable bonds is 56. The van der Waals surface area contributed by atoms with Crippen LogP contribution in [0.2, 0.25) is 0 Å². The van der Waals surface area contributed by atoms with Crippen molar-refractivity contribution in [2.75, 3.05) is 13.2 Å². The molecule has 0 radical (unpaired) electrons. The van der Waals surface area contributed by atoms with Crippen molar-refractivity contribution in [1.82, 2.24) is 0 Å². The lowest BCUT2D eigenvalue weighted by molar-refractivity contribution is -0.167. The van der Waals surface area contributed by atoms with Gasteiger partial charge >= 0.3 is 17.9 Å². The molecular formula is C63H116O6. The van der Waals surface area contributed by atoms with E-state index in [1.54, 1.807) is 0 Å². The molecule has 69 heavy (non-hydrogen) atoms. The lowest BCUT2D eigenvalue weighted by Gasteiger charge is -2.18. The van der Waals surface area contributed by atoms with Crippen LogP contribution >= 0.6 is 0 Å². The minimum absolute atomic E-state index is 0.0767. The molecule has 0 aromatic heterocycles. The third kappa shape index (κ3) is 56.4. The molecule has 0 aliphatic heterocycles. The highest BCUT2D eigenvalue weighted by molar-refractivity contribution is 5.71. The molecule has 0 aromatic carbocycles. The van der Waals surface area contributed by atoms with Crippen molar-refractivity contribution in [1.29, 1.82) is 0 Å². The molecule has 0 bridgehead atoms. The molecule has 0 aliphatic carbocycles. The van der Waals surface area contributed by atoms with Gasteiger partial charge < -0.3 is 14.2 Å². The molecular weight excluding hydrogens is 853 g/mol. The number of ether oxygens (including phenoxy) is 3. The van der Waals surface area contributed by atoms with E-state index in [9.17, 15) is 14.4 Å². The summed E-state index contributed by atoms with van der Waals surface area (Å²) in [5.41, 5.74) is 0. The maximum absolute atomic E-state index is 12.9. The fourth-order valence-corrected chi connectivity index (χ4v) is 9.00. The van der Waals surface area contributed by atoms with E-state index in [4.69, 9.17) is 14.2 Å². The summed E-state index contributed by atoms with van der Waals surface area (Å²) >= 11 is 0. The first-order chi connectivity index (χ1) is 34.0. The van der Waals surface area contributed by atoms with Gasteiger partial charge in [-0.3, -0.25) is 14.4 Å². The van der Waals surface area contributed by atoms with E-state index in [1.165, 1.54) is 199 Å². The maximum atomic E-state index is 12.9. The SMILES string of the molecule is CCCCC/C=C\C/C=C\CCCCCCCC(=O)O[C@H](COC(=O)CCCCCCC/C=C\CCCCCCCC)COC(=O)CCCCCCCCCCCCCCCCCCCCCCC. The largest absolute Gasteiger partial charge is 0.462 e. The van der Waals surface area contributed by atoms with Crippen molar-refractivity contribution in [2.45, 2.75) is 335 Å². The van der Waals surface area contributed by atoms with E-state index in [0.717, 1.165) is 89.9 Å². The lowest BCUT2D eigenvalue weighted by Crippen LogP contribution is -2.30. The third-order valence-corrected chi connectivity index (χ3v) is 13.6. The number of hydrogen-bond donors (Lipinski definition) is 0. The van der Waals surface area contributed by atoms with Gasteiger partial charge in [-0.15, -0.1) is 0 Å². The first-order valence-electron chi connectivity index (χ1n) is 30.5. The second-order valence-corrected chi connectivity index (χ2v) is 20.6. The number of allylic oxidation sites excluding steroid dienone is 6. The van der Waals surface area contributed by atoms with E-state index in [-0.39, 0.29) is 31.1 Å². The summed E-state index contributed by atoms with van der Waals surface area (Å²) in [6.07, 6.45) is 70.0. The van der Waals surface area contributed by atoms with Gasteiger partial charge in [-0.05, 0) is 77.0 Å². The molecule has 0 fully saturated rings. The second-order valence-electron chi connectivity index (χ2n) is 20.6. The molecule has 1 atom stereocenters. The van der Waals surface area contributed by atoms with Crippen LogP contribution in [0.3, 0.4) is 0 Å². The van der Waals surface area contributed by atoms with E-state index >= 15 is 0 Å². The lowest BCUT2D eigenvalue weighted by atomic mass is 10.0. The van der Waals surface area contributed by atoms with Crippen LogP contribution in [0.4, 0.5) is 0 Å². The minimum Gasteiger partial charge on any atom is -0.462 e. The zero-order valence-corrected chi connectivity index (χ0v) is 46.3. The van der Waals surface area contributed by atoms with Crippen molar-refractivity contribution in [3.8, 4) is 0 Å². The normalized spacial score (nSPS) is 12.2. The van der Waals surface area contributed by atoms with Crippen LogP contribution in [0.25, 0.3) is 0 Å². The third-order valence-electron chi connectivity index (χ3n) is 13.6. The van der Waals surface area contributed by atoms with Crippen molar-refractivity contribution in [2.24, 2.45) is 0 Å². The predicted octanol–water partition coefficient (Wildman–Crippen LogP) is 20.4. The van der Waals surface area contributed by atoms with Crippen LogP contribution in [-0.4, -0.2) is 37.2 Å². The van der Waals surface area contributed by atoms with Gasteiger partial charge in [0.05, 0.1) is 0 Å². The molecule has 0 amide bonds. The van der Waals surface area contributed by atoms with Crippen LogP contribution in [-0.2, 0) is 28.6 Å². The van der Waals surface area contributed by atoms with Gasteiger partial charge in [0.1, 0.15) is 13.2 Å².